The molecule has 0 amide bonds. The summed E-state index contributed by atoms with van der Waals surface area (Å²) in [6.45, 7) is 4.25. The van der Waals surface area contributed by atoms with E-state index in [-0.39, 0.29) is 12.6 Å². The predicted octanol–water partition coefficient (Wildman–Crippen LogP) is 3.05. The molecule has 0 saturated carbocycles. The average molecular weight is 329 g/mol. The number of thiophene rings is 1. The maximum Gasteiger partial charge on any atom is 0.141 e. The third-order valence-electron chi connectivity index (χ3n) is 4.52. The number of aliphatic hydroxyl groups is 1. The Balaban J connectivity index is 1.82. The van der Waals surface area contributed by atoms with Crippen LogP contribution in [-0.2, 0) is 6.54 Å². The van der Waals surface area contributed by atoms with Gasteiger partial charge in [0.25, 0.3) is 0 Å². The summed E-state index contributed by atoms with van der Waals surface area (Å²) in [5.41, 5.74) is 9.46. The molecule has 23 heavy (non-hydrogen) atoms. The Hall–Kier alpha value is -1.69. The molecule has 122 valence electrons. The minimum absolute atomic E-state index is 0.238. The lowest BCUT2D eigenvalue weighted by atomic mass is 10.1. The Morgan fingerprint density at radius 3 is 3.00 bits per heavy atom. The van der Waals surface area contributed by atoms with Gasteiger partial charge in [-0.2, -0.15) is 0 Å². The molecule has 2 aromatic rings. The van der Waals surface area contributed by atoms with E-state index in [1.807, 2.05) is 29.6 Å². The first kappa shape index (κ1) is 16.2. The highest BCUT2D eigenvalue weighted by molar-refractivity contribution is 7.12. The van der Waals surface area contributed by atoms with Crippen LogP contribution in [0, 0.1) is 6.92 Å². The number of likely N-dealkylation sites (tertiary alicyclic amines) is 1. The molecule has 1 aromatic carbocycles. The van der Waals surface area contributed by atoms with Crippen LogP contribution in [0.15, 0.2) is 40.7 Å². The van der Waals surface area contributed by atoms with Crippen LogP contribution in [0.2, 0.25) is 0 Å². The summed E-state index contributed by atoms with van der Waals surface area (Å²) in [5, 5.41) is 11.5. The van der Waals surface area contributed by atoms with Gasteiger partial charge in [0.2, 0.25) is 0 Å². The number of benzene rings is 1. The van der Waals surface area contributed by atoms with E-state index < -0.39 is 0 Å². The van der Waals surface area contributed by atoms with Crippen LogP contribution in [0.3, 0.4) is 0 Å². The van der Waals surface area contributed by atoms with Gasteiger partial charge in [0.1, 0.15) is 5.84 Å². The minimum Gasteiger partial charge on any atom is -0.395 e. The van der Waals surface area contributed by atoms with Crippen LogP contribution in [0.4, 0.5) is 5.69 Å². The van der Waals surface area contributed by atoms with Crippen LogP contribution in [-0.4, -0.2) is 35.0 Å². The molecule has 0 unspecified atom stereocenters. The van der Waals surface area contributed by atoms with E-state index in [9.17, 15) is 5.11 Å². The summed E-state index contributed by atoms with van der Waals surface area (Å²) < 4.78 is 0. The Labute approximate surface area is 141 Å². The molecule has 1 fully saturated rings. The standard InChI is InChI=1S/C18H23N3OS/c1-13-14(11-21-9-3-6-15(21)12-22)5-2-7-16(13)20-18(19)17-8-4-10-23-17/h2,4-5,7-8,10,15,22H,3,6,9,11-12H2,1H3,(H2,19,20)/t15-/m1/s1. The highest BCUT2D eigenvalue weighted by Crippen LogP contribution is 2.26. The highest BCUT2D eigenvalue weighted by Gasteiger charge is 2.24. The molecular formula is C18H23N3OS. The van der Waals surface area contributed by atoms with Crippen molar-refractivity contribution in [2.45, 2.75) is 32.4 Å². The van der Waals surface area contributed by atoms with E-state index in [0.717, 1.165) is 42.1 Å². The summed E-state index contributed by atoms with van der Waals surface area (Å²) in [4.78, 5) is 7.97. The summed E-state index contributed by atoms with van der Waals surface area (Å²) in [7, 11) is 0. The van der Waals surface area contributed by atoms with Crippen LogP contribution in [0.5, 0.6) is 0 Å². The van der Waals surface area contributed by atoms with Crippen molar-refractivity contribution in [3.8, 4) is 0 Å². The van der Waals surface area contributed by atoms with E-state index in [1.54, 1.807) is 11.3 Å². The van der Waals surface area contributed by atoms with Crippen molar-refractivity contribution < 1.29 is 5.11 Å². The van der Waals surface area contributed by atoms with Gasteiger partial charge in [-0.1, -0.05) is 18.2 Å². The van der Waals surface area contributed by atoms with E-state index in [1.165, 1.54) is 5.56 Å². The average Bonchev–Trinajstić information content (AvgIpc) is 3.22. The first-order valence-corrected chi connectivity index (χ1v) is 8.88. The molecule has 3 N–H and O–H groups in total. The van der Waals surface area contributed by atoms with Crippen molar-refractivity contribution in [3.05, 3.63) is 51.7 Å². The lowest BCUT2D eigenvalue weighted by Gasteiger charge is -2.23. The molecule has 1 aromatic heterocycles. The van der Waals surface area contributed by atoms with Crippen molar-refractivity contribution in [2.24, 2.45) is 10.7 Å². The number of nitrogens with zero attached hydrogens (tertiary/aromatic N) is 2. The predicted molar refractivity (Wildman–Crippen MR) is 96.4 cm³/mol. The summed E-state index contributed by atoms with van der Waals surface area (Å²) in [6.07, 6.45) is 2.24. The first-order chi connectivity index (χ1) is 11.2. The molecule has 1 aliphatic rings. The van der Waals surface area contributed by atoms with Crippen LogP contribution in [0.1, 0.15) is 28.8 Å². The van der Waals surface area contributed by atoms with Gasteiger partial charge < -0.3 is 10.8 Å². The molecule has 5 heteroatoms. The molecule has 1 aliphatic heterocycles. The van der Waals surface area contributed by atoms with E-state index in [2.05, 4.69) is 22.9 Å². The Morgan fingerprint density at radius 2 is 2.26 bits per heavy atom. The monoisotopic (exact) mass is 329 g/mol. The minimum atomic E-state index is 0.238. The number of hydrogen-bond acceptors (Lipinski definition) is 4. The number of aliphatic imine (C=N–C) groups is 1. The van der Waals surface area contributed by atoms with Crippen molar-refractivity contribution in [1.82, 2.24) is 4.90 Å². The zero-order valence-electron chi connectivity index (χ0n) is 13.4. The van der Waals surface area contributed by atoms with Gasteiger partial charge in [0.05, 0.1) is 17.2 Å². The molecule has 1 saturated heterocycles. The normalized spacial score (nSPS) is 19.4. The first-order valence-electron chi connectivity index (χ1n) is 8.00. The second kappa shape index (κ2) is 7.25. The molecule has 0 spiro atoms. The Bertz CT molecular complexity index is 682. The maximum absolute atomic E-state index is 9.48. The smallest absolute Gasteiger partial charge is 0.141 e. The van der Waals surface area contributed by atoms with Gasteiger partial charge in [-0.05, 0) is 54.9 Å². The third kappa shape index (κ3) is 3.63. The summed E-state index contributed by atoms with van der Waals surface area (Å²) >= 11 is 1.60. The van der Waals surface area contributed by atoms with Gasteiger partial charge in [0.15, 0.2) is 0 Å². The zero-order valence-corrected chi connectivity index (χ0v) is 14.2. The molecule has 0 radical (unpaired) electrons. The topological polar surface area (TPSA) is 61.8 Å². The van der Waals surface area contributed by atoms with Gasteiger partial charge in [-0.25, -0.2) is 4.99 Å². The molecule has 0 aliphatic carbocycles. The molecule has 1 atom stereocenters. The lowest BCUT2D eigenvalue weighted by molar-refractivity contribution is 0.153. The number of aliphatic hydroxyl groups excluding tert-OH is 1. The second-order valence-corrected chi connectivity index (χ2v) is 6.93. The van der Waals surface area contributed by atoms with Gasteiger partial charge in [0, 0.05) is 12.6 Å². The number of rotatable bonds is 5. The van der Waals surface area contributed by atoms with Crippen molar-refractivity contribution in [3.63, 3.8) is 0 Å². The quantitative estimate of drug-likeness (QED) is 0.655. The largest absolute Gasteiger partial charge is 0.395 e. The maximum atomic E-state index is 9.48. The summed E-state index contributed by atoms with van der Waals surface area (Å²) in [5.74, 6) is 0.564. The van der Waals surface area contributed by atoms with Gasteiger partial charge in [-0.15, -0.1) is 11.3 Å². The Kier molecular flexibility index (Phi) is 5.10. The SMILES string of the molecule is Cc1c(CN2CCC[C@@H]2CO)cccc1N=C(N)c1cccs1. The summed E-state index contributed by atoms with van der Waals surface area (Å²) in [6, 6.07) is 10.4. The van der Waals surface area contributed by atoms with Crippen LogP contribution < -0.4 is 5.73 Å². The Morgan fingerprint density at radius 1 is 1.39 bits per heavy atom. The van der Waals surface area contributed by atoms with E-state index >= 15 is 0 Å². The zero-order chi connectivity index (χ0) is 16.2. The number of nitrogens with two attached hydrogens (primary N) is 1. The van der Waals surface area contributed by atoms with Crippen LogP contribution in [0.25, 0.3) is 0 Å². The van der Waals surface area contributed by atoms with E-state index in [4.69, 9.17) is 5.73 Å². The molecule has 4 nitrogen and oxygen atoms in total. The van der Waals surface area contributed by atoms with Crippen molar-refractivity contribution >= 4 is 22.9 Å². The fourth-order valence-electron chi connectivity index (χ4n) is 3.10. The van der Waals surface area contributed by atoms with Crippen LogP contribution >= 0.6 is 11.3 Å². The molecule has 0 bridgehead atoms. The molecule has 3 rings (SSSR count). The van der Waals surface area contributed by atoms with Gasteiger partial charge in [-0.3, -0.25) is 4.90 Å². The van der Waals surface area contributed by atoms with Crippen molar-refractivity contribution in [2.75, 3.05) is 13.2 Å². The van der Waals surface area contributed by atoms with Gasteiger partial charge >= 0.3 is 0 Å². The van der Waals surface area contributed by atoms with Crippen molar-refractivity contribution in [1.29, 1.82) is 0 Å². The fraction of sp³-hybridized carbons (Fsp3) is 0.389. The lowest BCUT2D eigenvalue weighted by Crippen LogP contribution is -2.31. The fourth-order valence-corrected chi connectivity index (χ4v) is 3.73. The number of hydrogen-bond donors (Lipinski definition) is 2. The van der Waals surface area contributed by atoms with E-state index in [0.29, 0.717) is 5.84 Å². The molecular weight excluding hydrogens is 306 g/mol. The third-order valence-corrected chi connectivity index (χ3v) is 5.41. The molecule has 2 heterocycles. The second-order valence-electron chi connectivity index (χ2n) is 5.98. The number of amidine groups is 1. The highest BCUT2D eigenvalue weighted by atomic mass is 32.1.